The van der Waals surface area contributed by atoms with Crippen LogP contribution in [0.4, 0.5) is 0 Å². The van der Waals surface area contributed by atoms with Gasteiger partial charge in [-0.1, -0.05) is 30.4 Å². The molecular weight excluding hydrogens is 160 g/mol. The fourth-order valence-corrected chi connectivity index (χ4v) is 0.948. The summed E-state index contributed by atoms with van der Waals surface area (Å²) in [5, 5.41) is 8.51. The topological polar surface area (TPSA) is 20.2 Å². The van der Waals surface area contributed by atoms with Crippen LogP contribution < -0.4 is 0 Å². The summed E-state index contributed by atoms with van der Waals surface area (Å²) in [6.07, 6.45) is 15.6. The lowest BCUT2D eigenvalue weighted by atomic mass is 10.2. The molecule has 0 saturated carbocycles. The van der Waals surface area contributed by atoms with E-state index in [4.69, 9.17) is 5.11 Å². The summed E-state index contributed by atoms with van der Waals surface area (Å²) in [5.41, 5.74) is 0. The van der Waals surface area contributed by atoms with E-state index in [1.165, 1.54) is 0 Å². The van der Waals surface area contributed by atoms with E-state index < -0.39 is 0 Å². The lowest BCUT2D eigenvalue weighted by Gasteiger charge is -1.88. The number of allylic oxidation sites excluding steroid dienone is 5. The molecule has 0 rings (SSSR count). The van der Waals surface area contributed by atoms with Crippen molar-refractivity contribution in [3.8, 4) is 0 Å². The van der Waals surface area contributed by atoms with Gasteiger partial charge in [0.25, 0.3) is 0 Å². The van der Waals surface area contributed by atoms with Crippen LogP contribution >= 0.6 is 0 Å². The molecule has 0 fully saturated rings. The van der Waals surface area contributed by atoms with Crippen molar-refractivity contribution < 1.29 is 5.11 Å². The zero-order valence-electron chi connectivity index (χ0n) is 8.28. The van der Waals surface area contributed by atoms with E-state index in [0.717, 1.165) is 32.1 Å². The van der Waals surface area contributed by atoms with Gasteiger partial charge in [0.15, 0.2) is 0 Å². The summed E-state index contributed by atoms with van der Waals surface area (Å²) < 4.78 is 0. The molecule has 0 aliphatic heterocycles. The minimum atomic E-state index is 0.295. The minimum absolute atomic E-state index is 0.295. The van der Waals surface area contributed by atoms with Crippen molar-refractivity contribution in [2.24, 2.45) is 0 Å². The second kappa shape index (κ2) is 11.2. The molecule has 13 heavy (non-hydrogen) atoms. The molecule has 1 nitrogen and oxygen atoms in total. The largest absolute Gasteiger partial charge is 0.396 e. The highest BCUT2D eigenvalue weighted by Gasteiger charge is 1.79. The second-order valence-corrected chi connectivity index (χ2v) is 2.91. The molecule has 0 saturated heterocycles. The number of unbranched alkanes of at least 4 members (excludes halogenated alkanes) is 2. The zero-order valence-corrected chi connectivity index (χ0v) is 8.28. The van der Waals surface area contributed by atoms with Crippen LogP contribution in [-0.2, 0) is 0 Å². The van der Waals surface area contributed by atoms with Gasteiger partial charge in [0.05, 0.1) is 0 Å². The van der Waals surface area contributed by atoms with Gasteiger partial charge in [0.1, 0.15) is 0 Å². The summed E-state index contributed by atoms with van der Waals surface area (Å²) in [7, 11) is 0. The monoisotopic (exact) mass is 180 g/mol. The summed E-state index contributed by atoms with van der Waals surface area (Å²) >= 11 is 0. The molecule has 0 amide bonds. The van der Waals surface area contributed by atoms with Gasteiger partial charge in [-0.3, -0.25) is 0 Å². The van der Waals surface area contributed by atoms with Gasteiger partial charge in [-0.05, 0) is 32.1 Å². The van der Waals surface area contributed by atoms with E-state index in [-0.39, 0.29) is 0 Å². The highest BCUT2D eigenvalue weighted by Crippen LogP contribution is 1.97. The second-order valence-electron chi connectivity index (χ2n) is 2.91. The molecule has 0 aromatic heterocycles. The first kappa shape index (κ1) is 12.2. The predicted molar refractivity (Wildman–Crippen MR) is 58.6 cm³/mol. The smallest absolute Gasteiger partial charge is 0.0433 e. The molecule has 1 N–H and O–H groups in total. The van der Waals surface area contributed by atoms with E-state index in [2.05, 4.69) is 30.9 Å². The molecule has 0 aliphatic carbocycles. The first-order valence-electron chi connectivity index (χ1n) is 4.93. The molecule has 0 aliphatic rings. The Labute approximate surface area is 81.5 Å². The fourth-order valence-electron chi connectivity index (χ4n) is 0.948. The van der Waals surface area contributed by atoms with Crippen LogP contribution in [0.1, 0.15) is 32.1 Å². The Balaban J connectivity index is 3.14. The Bertz CT molecular complexity index is 157. The summed E-state index contributed by atoms with van der Waals surface area (Å²) in [5.74, 6) is 0. The van der Waals surface area contributed by atoms with Crippen LogP contribution in [-0.4, -0.2) is 11.7 Å². The van der Waals surface area contributed by atoms with E-state index in [1.807, 2.05) is 6.08 Å². The zero-order chi connectivity index (χ0) is 9.78. The average Bonchev–Trinajstić information content (AvgIpc) is 2.16. The maximum absolute atomic E-state index is 8.51. The van der Waals surface area contributed by atoms with Crippen molar-refractivity contribution in [1.29, 1.82) is 0 Å². The molecule has 74 valence electrons. The number of rotatable bonds is 8. The normalized spacial score (nSPS) is 11.5. The van der Waals surface area contributed by atoms with Crippen LogP contribution in [0.25, 0.3) is 0 Å². The number of hydrogen-bond donors (Lipinski definition) is 1. The number of aliphatic hydroxyl groups excluding tert-OH is 1. The van der Waals surface area contributed by atoms with E-state index in [0.29, 0.717) is 6.61 Å². The first-order valence-corrected chi connectivity index (χ1v) is 4.93. The maximum Gasteiger partial charge on any atom is 0.0433 e. The maximum atomic E-state index is 8.51. The lowest BCUT2D eigenvalue weighted by Crippen LogP contribution is -1.78. The predicted octanol–water partition coefficient (Wildman–Crippen LogP) is 3.23. The highest BCUT2D eigenvalue weighted by molar-refractivity contribution is 4.91. The Morgan fingerprint density at radius 2 is 1.54 bits per heavy atom. The summed E-state index contributed by atoms with van der Waals surface area (Å²) in [6.45, 7) is 3.93. The lowest BCUT2D eigenvalue weighted by molar-refractivity contribution is 0.289. The van der Waals surface area contributed by atoms with Crippen LogP contribution in [0.5, 0.6) is 0 Å². The van der Waals surface area contributed by atoms with Crippen LogP contribution in [0.2, 0.25) is 0 Å². The molecule has 0 spiro atoms. The molecule has 0 atom stereocenters. The van der Waals surface area contributed by atoms with Crippen molar-refractivity contribution in [2.45, 2.75) is 32.1 Å². The van der Waals surface area contributed by atoms with Gasteiger partial charge in [0, 0.05) is 6.61 Å². The number of hydrogen-bond acceptors (Lipinski definition) is 1. The molecule has 0 aromatic carbocycles. The Kier molecular flexibility index (Phi) is 10.5. The molecular formula is C12H20O. The van der Waals surface area contributed by atoms with Gasteiger partial charge in [-0.15, -0.1) is 6.58 Å². The Morgan fingerprint density at radius 3 is 2.15 bits per heavy atom. The minimum Gasteiger partial charge on any atom is -0.396 e. The third-order valence-electron chi connectivity index (χ3n) is 1.66. The molecule has 0 aromatic rings. The third-order valence-corrected chi connectivity index (χ3v) is 1.66. The van der Waals surface area contributed by atoms with Crippen molar-refractivity contribution in [3.05, 3.63) is 37.0 Å². The molecule has 0 bridgehead atoms. The standard InChI is InChI=1S/C12H20O/c1-2-3-4-5-6-7-8-9-10-11-12-13/h2,4-5,8-9,13H,1,3,6-7,10-12H2/b5-4-,9-8-. The van der Waals surface area contributed by atoms with Crippen molar-refractivity contribution in [1.82, 2.24) is 0 Å². The summed E-state index contributed by atoms with van der Waals surface area (Å²) in [4.78, 5) is 0. The molecule has 1 heteroatoms. The van der Waals surface area contributed by atoms with Gasteiger partial charge >= 0.3 is 0 Å². The van der Waals surface area contributed by atoms with Gasteiger partial charge in [-0.2, -0.15) is 0 Å². The van der Waals surface area contributed by atoms with E-state index >= 15 is 0 Å². The SMILES string of the molecule is C=CC/C=C\CC/C=C\CCCO. The van der Waals surface area contributed by atoms with Crippen LogP contribution in [0, 0.1) is 0 Å². The fraction of sp³-hybridized carbons (Fsp3) is 0.500. The van der Waals surface area contributed by atoms with Crippen molar-refractivity contribution in [3.63, 3.8) is 0 Å². The Hall–Kier alpha value is -0.820. The van der Waals surface area contributed by atoms with Crippen molar-refractivity contribution in [2.75, 3.05) is 6.61 Å². The Morgan fingerprint density at radius 1 is 0.923 bits per heavy atom. The molecule has 0 unspecified atom stereocenters. The quantitative estimate of drug-likeness (QED) is 0.449. The number of aliphatic hydroxyl groups is 1. The third kappa shape index (κ3) is 11.2. The van der Waals surface area contributed by atoms with Gasteiger partial charge in [-0.25, -0.2) is 0 Å². The molecule has 0 radical (unpaired) electrons. The van der Waals surface area contributed by atoms with E-state index in [1.54, 1.807) is 0 Å². The van der Waals surface area contributed by atoms with Crippen molar-refractivity contribution >= 4 is 0 Å². The van der Waals surface area contributed by atoms with Gasteiger partial charge < -0.3 is 5.11 Å². The van der Waals surface area contributed by atoms with Crippen LogP contribution in [0.3, 0.4) is 0 Å². The first-order chi connectivity index (χ1) is 6.41. The molecule has 0 heterocycles. The summed E-state index contributed by atoms with van der Waals surface area (Å²) in [6, 6.07) is 0. The highest BCUT2D eigenvalue weighted by atomic mass is 16.2. The van der Waals surface area contributed by atoms with E-state index in [9.17, 15) is 0 Å². The average molecular weight is 180 g/mol. The van der Waals surface area contributed by atoms with Gasteiger partial charge in [0.2, 0.25) is 0 Å². The van der Waals surface area contributed by atoms with Crippen LogP contribution in [0.15, 0.2) is 37.0 Å².